The molecule has 3 nitrogen and oxygen atoms in total. The zero-order valence-electron chi connectivity index (χ0n) is 7.04. The molecule has 1 atom stereocenters. The molecule has 0 saturated heterocycles. The summed E-state index contributed by atoms with van der Waals surface area (Å²) in [5.41, 5.74) is 6.78. The molecule has 0 saturated carbocycles. The maximum atomic E-state index is 5.73. The van der Waals surface area contributed by atoms with E-state index >= 15 is 0 Å². The molecule has 0 aromatic carbocycles. The Hall–Kier alpha value is -0.830. The molecule has 0 aromatic rings. The number of rotatable bonds is 2. The molecule has 0 bridgehead atoms. The first kappa shape index (κ1) is 8.27. The first-order chi connectivity index (χ1) is 5.20. The molecule has 0 spiro atoms. The Kier molecular flexibility index (Phi) is 2.65. The van der Waals surface area contributed by atoms with Crippen molar-refractivity contribution in [1.29, 1.82) is 0 Å². The van der Waals surface area contributed by atoms with Crippen molar-refractivity contribution >= 4 is 5.71 Å². The fourth-order valence-electron chi connectivity index (χ4n) is 1.05. The monoisotopic (exact) mass is 153 g/mol. The highest BCUT2D eigenvalue weighted by Crippen LogP contribution is 2.05. The summed E-state index contributed by atoms with van der Waals surface area (Å²) in [6, 6.07) is 0. The van der Waals surface area contributed by atoms with Gasteiger partial charge in [-0.2, -0.15) is 0 Å². The van der Waals surface area contributed by atoms with E-state index in [-0.39, 0.29) is 6.17 Å². The first-order valence-corrected chi connectivity index (χ1v) is 3.93. The molecule has 0 amide bonds. The van der Waals surface area contributed by atoms with Crippen LogP contribution in [0, 0.1) is 5.92 Å². The Morgan fingerprint density at radius 1 is 1.73 bits per heavy atom. The first-order valence-electron chi connectivity index (χ1n) is 3.93. The second-order valence-electron chi connectivity index (χ2n) is 3.18. The Labute approximate surface area is 67.4 Å². The number of nitrogens with one attached hydrogen (secondary N) is 1. The van der Waals surface area contributed by atoms with Gasteiger partial charge in [0.25, 0.3) is 0 Å². The molecule has 3 N–H and O–H groups in total. The molecule has 0 fully saturated rings. The lowest BCUT2D eigenvalue weighted by Crippen LogP contribution is -2.43. The molecule has 0 radical (unpaired) electrons. The molecule has 1 heterocycles. The Balaban J connectivity index is 2.54. The molecule has 11 heavy (non-hydrogen) atoms. The Bertz CT molecular complexity index is 182. The van der Waals surface area contributed by atoms with Crippen molar-refractivity contribution in [2.75, 3.05) is 0 Å². The van der Waals surface area contributed by atoms with Crippen molar-refractivity contribution in [3.63, 3.8) is 0 Å². The smallest absolute Gasteiger partial charge is 0.114 e. The van der Waals surface area contributed by atoms with Crippen molar-refractivity contribution in [3.05, 3.63) is 12.4 Å². The SMILES string of the molecule is CC(C)CC1=NC=CNC1N. The van der Waals surface area contributed by atoms with Crippen LogP contribution in [0.2, 0.25) is 0 Å². The summed E-state index contributed by atoms with van der Waals surface area (Å²) in [7, 11) is 0. The van der Waals surface area contributed by atoms with Crippen LogP contribution in [0.25, 0.3) is 0 Å². The summed E-state index contributed by atoms with van der Waals surface area (Å²) >= 11 is 0. The van der Waals surface area contributed by atoms with E-state index in [1.807, 2.05) is 0 Å². The van der Waals surface area contributed by atoms with Gasteiger partial charge in [0.05, 0.1) is 5.71 Å². The van der Waals surface area contributed by atoms with E-state index < -0.39 is 0 Å². The van der Waals surface area contributed by atoms with Crippen LogP contribution >= 0.6 is 0 Å². The molecule has 1 unspecified atom stereocenters. The predicted octanol–water partition coefficient (Wildman–Crippen LogP) is 0.833. The molecule has 62 valence electrons. The van der Waals surface area contributed by atoms with Gasteiger partial charge < -0.3 is 11.1 Å². The third kappa shape index (κ3) is 2.35. The summed E-state index contributed by atoms with van der Waals surface area (Å²) in [6.45, 7) is 4.32. The van der Waals surface area contributed by atoms with Crippen LogP contribution in [0.4, 0.5) is 0 Å². The topological polar surface area (TPSA) is 50.4 Å². The molecular formula is C8H15N3. The third-order valence-electron chi connectivity index (χ3n) is 1.57. The van der Waals surface area contributed by atoms with Crippen LogP contribution in [0.3, 0.4) is 0 Å². The van der Waals surface area contributed by atoms with Gasteiger partial charge >= 0.3 is 0 Å². The van der Waals surface area contributed by atoms with Gasteiger partial charge in [0, 0.05) is 12.4 Å². The lowest BCUT2D eigenvalue weighted by atomic mass is 10.0. The molecular weight excluding hydrogens is 138 g/mol. The largest absolute Gasteiger partial charge is 0.370 e. The van der Waals surface area contributed by atoms with Crippen molar-refractivity contribution in [2.45, 2.75) is 26.4 Å². The third-order valence-corrected chi connectivity index (χ3v) is 1.57. The minimum absolute atomic E-state index is 0.0811. The van der Waals surface area contributed by atoms with E-state index in [0.717, 1.165) is 12.1 Å². The fourth-order valence-corrected chi connectivity index (χ4v) is 1.05. The maximum absolute atomic E-state index is 5.73. The number of nitrogens with two attached hydrogens (primary N) is 1. The van der Waals surface area contributed by atoms with E-state index in [4.69, 9.17) is 5.73 Å². The highest BCUT2D eigenvalue weighted by molar-refractivity contribution is 5.90. The minimum atomic E-state index is -0.0811. The zero-order valence-corrected chi connectivity index (χ0v) is 7.04. The number of aliphatic imine (C=N–C) groups is 1. The van der Waals surface area contributed by atoms with Crippen LogP contribution in [0.15, 0.2) is 17.4 Å². The molecule has 3 heteroatoms. The van der Waals surface area contributed by atoms with Crippen LogP contribution in [0.5, 0.6) is 0 Å². The normalized spacial score (nSPS) is 23.3. The van der Waals surface area contributed by atoms with Gasteiger partial charge in [-0.25, -0.2) is 0 Å². The quantitative estimate of drug-likeness (QED) is 0.617. The lowest BCUT2D eigenvalue weighted by molar-refractivity contribution is 0.646. The van der Waals surface area contributed by atoms with Crippen molar-refractivity contribution in [3.8, 4) is 0 Å². The molecule has 0 aliphatic carbocycles. The number of hydrogen-bond acceptors (Lipinski definition) is 3. The molecule has 0 aromatic heterocycles. The van der Waals surface area contributed by atoms with Crippen molar-refractivity contribution in [1.82, 2.24) is 5.32 Å². The average molecular weight is 153 g/mol. The summed E-state index contributed by atoms with van der Waals surface area (Å²) < 4.78 is 0. The average Bonchev–Trinajstić information content (AvgIpc) is 1.93. The summed E-state index contributed by atoms with van der Waals surface area (Å²) in [6.07, 6.45) is 4.41. The second-order valence-corrected chi connectivity index (χ2v) is 3.18. The number of hydrogen-bond donors (Lipinski definition) is 2. The van der Waals surface area contributed by atoms with E-state index in [1.54, 1.807) is 12.4 Å². The van der Waals surface area contributed by atoms with Gasteiger partial charge in [-0.05, 0) is 12.3 Å². The van der Waals surface area contributed by atoms with Gasteiger partial charge in [0.1, 0.15) is 6.17 Å². The fraction of sp³-hybridized carbons (Fsp3) is 0.625. The number of nitrogens with zero attached hydrogens (tertiary/aromatic N) is 1. The molecule has 1 aliphatic rings. The van der Waals surface area contributed by atoms with Crippen LogP contribution < -0.4 is 11.1 Å². The Morgan fingerprint density at radius 2 is 2.45 bits per heavy atom. The van der Waals surface area contributed by atoms with Crippen LogP contribution in [-0.2, 0) is 0 Å². The summed E-state index contributed by atoms with van der Waals surface area (Å²) in [4.78, 5) is 4.20. The Morgan fingerprint density at radius 3 is 3.00 bits per heavy atom. The van der Waals surface area contributed by atoms with Gasteiger partial charge in [-0.15, -0.1) is 0 Å². The van der Waals surface area contributed by atoms with E-state index in [2.05, 4.69) is 24.2 Å². The highest BCUT2D eigenvalue weighted by atomic mass is 15.1. The van der Waals surface area contributed by atoms with Gasteiger partial charge in [0.15, 0.2) is 0 Å². The van der Waals surface area contributed by atoms with E-state index in [1.165, 1.54) is 0 Å². The second kappa shape index (κ2) is 3.53. The summed E-state index contributed by atoms with van der Waals surface area (Å²) in [5.74, 6) is 0.619. The van der Waals surface area contributed by atoms with Crippen LogP contribution in [-0.4, -0.2) is 11.9 Å². The van der Waals surface area contributed by atoms with Gasteiger partial charge in [0.2, 0.25) is 0 Å². The summed E-state index contributed by atoms with van der Waals surface area (Å²) in [5, 5.41) is 3.00. The predicted molar refractivity (Wildman–Crippen MR) is 47.1 cm³/mol. The van der Waals surface area contributed by atoms with Crippen molar-refractivity contribution in [2.24, 2.45) is 16.6 Å². The van der Waals surface area contributed by atoms with Gasteiger partial charge in [-0.3, -0.25) is 4.99 Å². The van der Waals surface area contributed by atoms with Crippen LogP contribution in [0.1, 0.15) is 20.3 Å². The molecule has 1 aliphatic heterocycles. The minimum Gasteiger partial charge on any atom is -0.370 e. The van der Waals surface area contributed by atoms with Gasteiger partial charge in [-0.1, -0.05) is 13.8 Å². The maximum Gasteiger partial charge on any atom is 0.114 e. The van der Waals surface area contributed by atoms with E-state index in [0.29, 0.717) is 5.92 Å². The zero-order chi connectivity index (χ0) is 8.27. The molecule has 1 rings (SSSR count). The standard InChI is InChI=1S/C8H15N3/c1-6(2)5-7-8(9)11-4-3-10-7/h3-4,6,8,11H,5,9H2,1-2H3. The highest BCUT2D eigenvalue weighted by Gasteiger charge is 2.12. The van der Waals surface area contributed by atoms with E-state index in [9.17, 15) is 0 Å². The lowest BCUT2D eigenvalue weighted by Gasteiger charge is -2.18. The van der Waals surface area contributed by atoms with Crippen molar-refractivity contribution < 1.29 is 0 Å².